The zero-order valence-corrected chi connectivity index (χ0v) is 24.1. The molecule has 10 nitrogen and oxygen atoms in total. The summed E-state index contributed by atoms with van der Waals surface area (Å²) in [5.74, 6) is -0.748. The third-order valence-electron chi connectivity index (χ3n) is 8.52. The molecular formula is C32H29N5O5S. The number of thiophene rings is 1. The van der Waals surface area contributed by atoms with Crippen molar-refractivity contribution < 1.29 is 24.2 Å². The van der Waals surface area contributed by atoms with Gasteiger partial charge in [0.1, 0.15) is 16.4 Å². The summed E-state index contributed by atoms with van der Waals surface area (Å²) in [6.45, 7) is 3.69. The Morgan fingerprint density at radius 3 is 2.42 bits per heavy atom. The maximum absolute atomic E-state index is 13.7. The average molecular weight is 596 g/mol. The van der Waals surface area contributed by atoms with E-state index in [9.17, 15) is 19.5 Å². The molecule has 218 valence electrons. The molecule has 2 N–H and O–H groups in total. The second-order valence-corrected chi connectivity index (χ2v) is 12.3. The van der Waals surface area contributed by atoms with E-state index in [1.807, 2.05) is 6.07 Å². The number of hydrogen-bond acceptors (Lipinski definition) is 8. The predicted octanol–water partition coefficient (Wildman–Crippen LogP) is 4.98. The Hall–Kier alpha value is -4.61. The van der Waals surface area contributed by atoms with Gasteiger partial charge in [0.25, 0.3) is 11.8 Å². The van der Waals surface area contributed by atoms with Crippen molar-refractivity contribution in [1.82, 2.24) is 9.97 Å². The van der Waals surface area contributed by atoms with E-state index in [0.717, 1.165) is 49.6 Å². The van der Waals surface area contributed by atoms with Gasteiger partial charge in [0.2, 0.25) is 0 Å². The Balaban J connectivity index is 1.07. The second kappa shape index (κ2) is 10.9. The van der Waals surface area contributed by atoms with Crippen LogP contribution in [0.1, 0.15) is 48.8 Å². The molecule has 3 aliphatic rings. The van der Waals surface area contributed by atoms with Gasteiger partial charge in [-0.1, -0.05) is 0 Å². The van der Waals surface area contributed by atoms with Crippen LogP contribution < -0.4 is 15.1 Å². The molecule has 2 saturated heterocycles. The summed E-state index contributed by atoms with van der Waals surface area (Å²) in [4.78, 5) is 52.6. The van der Waals surface area contributed by atoms with Crippen LogP contribution in [-0.4, -0.2) is 65.7 Å². The third kappa shape index (κ3) is 5.04. The minimum absolute atomic E-state index is 0.199. The first kappa shape index (κ1) is 27.2. The largest absolute Gasteiger partial charge is 0.477 e. The number of carboxylic acids is 1. The number of fused-ring (bicyclic) bond motifs is 3. The van der Waals surface area contributed by atoms with E-state index in [0.29, 0.717) is 47.0 Å². The van der Waals surface area contributed by atoms with Crippen LogP contribution in [-0.2, 0) is 11.2 Å². The molecular weight excluding hydrogens is 566 g/mol. The third-order valence-corrected chi connectivity index (χ3v) is 9.70. The summed E-state index contributed by atoms with van der Waals surface area (Å²) in [7, 11) is 0. The number of nitrogens with zero attached hydrogens (tertiary/aromatic N) is 4. The van der Waals surface area contributed by atoms with Gasteiger partial charge in [0, 0.05) is 48.7 Å². The normalized spacial score (nSPS) is 16.9. The summed E-state index contributed by atoms with van der Waals surface area (Å²) >= 11 is 1.18. The fourth-order valence-corrected chi connectivity index (χ4v) is 7.08. The SMILES string of the molecule is O=C(O)c1cc2c(s1)-c1ncccc1N(C(=O)c1ccc(NC(=O)c3cccnc3N3CCC4(CC3)COC4)cc1)CC2. The van der Waals surface area contributed by atoms with Crippen LogP contribution in [0.2, 0.25) is 0 Å². The van der Waals surface area contributed by atoms with E-state index in [-0.39, 0.29) is 22.1 Å². The lowest BCUT2D eigenvalue weighted by Gasteiger charge is -2.47. The fraction of sp³-hybridized carbons (Fsp3) is 0.281. The van der Waals surface area contributed by atoms with Gasteiger partial charge in [0.05, 0.1) is 29.3 Å². The predicted molar refractivity (Wildman–Crippen MR) is 163 cm³/mol. The second-order valence-electron chi connectivity index (χ2n) is 11.2. The highest BCUT2D eigenvalue weighted by Gasteiger charge is 2.41. The van der Waals surface area contributed by atoms with Crippen molar-refractivity contribution in [3.63, 3.8) is 0 Å². The van der Waals surface area contributed by atoms with Gasteiger partial charge in [-0.3, -0.25) is 14.6 Å². The zero-order chi connectivity index (χ0) is 29.6. The van der Waals surface area contributed by atoms with Crippen LogP contribution in [0.5, 0.6) is 0 Å². The lowest BCUT2D eigenvalue weighted by Crippen LogP contribution is -2.51. The summed E-state index contributed by atoms with van der Waals surface area (Å²) < 4.78 is 5.44. The minimum Gasteiger partial charge on any atom is -0.477 e. The number of aromatic nitrogens is 2. The number of pyridine rings is 2. The summed E-state index contributed by atoms with van der Waals surface area (Å²) in [6, 6.07) is 15.7. The highest BCUT2D eigenvalue weighted by atomic mass is 32.1. The standard InChI is InChI=1S/C32H29N5O5S/c38-29(23-3-1-13-34-28(23)36-15-10-32(11-16-36)18-42-19-32)35-22-7-5-20(6-8-22)30(39)37-14-9-21-17-25(31(40)41)43-27(21)26-24(37)4-2-12-33-26/h1-8,12-13,17H,9-11,14-16,18-19H2,(H,35,38)(H,40,41). The summed E-state index contributed by atoms with van der Waals surface area (Å²) in [5, 5.41) is 12.4. The molecule has 0 bridgehead atoms. The first-order valence-electron chi connectivity index (χ1n) is 14.2. The van der Waals surface area contributed by atoms with Crippen LogP contribution in [0.4, 0.5) is 17.2 Å². The van der Waals surface area contributed by atoms with Crippen LogP contribution in [0, 0.1) is 5.41 Å². The number of ether oxygens (including phenoxy) is 1. The van der Waals surface area contributed by atoms with Gasteiger partial charge in [-0.25, -0.2) is 9.78 Å². The number of amides is 2. The van der Waals surface area contributed by atoms with E-state index in [1.54, 1.807) is 65.8 Å². The van der Waals surface area contributed by atoms with Crippen molar-refractivity contribution >= 4 is 46.3 Å². The lowest BCUT2D eigenvalue weighted by molar-refractivity contribution is -0.124. The summed E-state index contributed by atoms with van der Waals surface area (Å²) in [6.07, 6.45) is 5.91. The number of hydrogen-bond donors (Lipinski definition) is 2. The van der Waals surface area contributed by atoms with Crippen molar-refractivity contribution in [2.75, 3.05) is 48.0 Å². The molecule has 4 aromatic rings. The Morgan fingerprint density at radius 2 is 1.70 bits per heavy atom. The van der Waals surface area contributed by atoms with Gasteiger partial charge in [-0.05, 0) is 79.4 Å². The highest BCUT2D eigenvalue weighted by molar-refractivity contribution is 7.17. The van der Waals surface area contributed by atoms with Gasteiger partial charge in [-0.15, -0.1) is 11.3 Å². The molecule has 3 aromatic heterocycles. The number of nitrogens with one attached hydrogen (secondary N) is 1. The van der Waals surface area contributed by atoms with Gasteiger partial charge < -0.3 is 25.0 Å². The smallest absolute Gasteiger partial charge is 0.345 e. The Kier molecular flexibility index (Phi) is 6.91. The molecule has 43 heavy (non-hydrogen) atoms. The highest BCUT2D eigenvalue weighted by Crippen LogP contribution is 2.41. The number of rotatable bonds is 5. The number of carboxylic acid groups (broad SMARTS) is 1. The maximum atomic E-state index is 13.7. The van der Waals surface area contributed by atoms with Crippen molar-refractivity contribution in [3.05, 3.63) is 88.6 Å². The first-order chi connectivity index (χ1) is 20.9. The van der Waals surface area contributed by atoms with E-state index < -0.39 is 5.97 Å². The molecule has 1 spiro atoms. The van der Waals surface area contributed by atoms with Gasteiger partial charge >= 0.3 is 5.97 Å². The molecule has 0 saturated carbocycles. The monoisotopic (exact) mass is 595 g/mol. The molecule has 2 fully saturated rings. The zero-order valence-electron chi connectivity index (χ0n) is 23.3. The van der Waals surface area contributed by atoms with Crippen molar-refractivity contribution in [2.24, 2.45) is 5.41 Å². The molecule has 3 aliphatic heterocycles. The quantitative estimate of drug-likeness (QED) is 0.331. The number of carbonyl (C=O) groups is 3. The average Bonchev–Trinajstić information content (AvgIpc) is 3.39. The molecule has 2 amide bonds. The van der Waals surface area contributed by atoms with E-state index in [2.05, 4.69) is 20.2 Å². The number of aromatic carboxylic acids is 1. The lowest BCUT2D eigenvalue weighted by atomic mass is 9.77. The van der Waals surface area contributed by atoms with Crippen LogP contribution >= 0.6 is 11.3 Å². The maximum Gasteiger partial charge on any atom is 0.345 e. The van der Waals surface area contributed by atoms with E-state index in [4.69, 9.17) is 4.74 Å². The van der Waals surface area contributed by atoms with E-state index >= 15 is 0 Å². The Morgan fingerprint density at radius 1 is 0.953 bits per heavy atom. The molecule has 0 atom stereocenters. The number of anilines is 3. The van der Waals surface area contributed by atoms with Crippen molar-refractivity contribution in [2.45, 2.75) is 19.3 Å². The van der Waals surface area contributed by atoms with Crippen LogP contribution in [0.15, 0.2) is 67.0 Å². The fourth-order valence-electron chi connectivity index (χ4n) is 6.02. The number of carbonyl (C=O) groups excluding carboxylic acids is 2. The molecule has 11 heteroatoms. The molecule has 1 aromatic carbocycles. The number of piperidine rings is 1. The van der Waals surface area contributed by atoms with Crippen molar-refractivity contribution in [1.29, 1.82) is 0 Å². The Labute approximate surface area is 252 Å². The molecule has 7 rings (SSSR count). The van der Waals surface area contributed by atoms with Crippen molar-refractivity contribution in [3.8, 4) is 10.6 Å². The van der Waals surface area contributed by atoms with Crippen LogP contribution in [0.25, 0.3) is 10.6 Å². The number of benzene rings is 1. The molecule has 0 unspecified atom stereocenters. The summed E-state index contributed by atoms with van der Waals surface area (Å²) in [5.41, 5.74) is 3.94. The minimum atomic E-state index is -0.973. The first-order valence-corrected chi connectivity index (χ1v) is 15.0. The van der Waals surface area contributed by atoms with Gasteiger partial charge in [-0.2, -0.15) is 0 Å². The van der Waals surface area contributed by atoms with Gasteiger partial charge in [0.15, 0.2) is 0 Å². The Bertz CT molecular complexity index is 1720. The molecule has 6 heterocycles. The van der Waals surface area contributed by atoms with Crippen LogP contribution in [0.3, 0.4) is 0 Å². The molecule has 0 aliphatic carbocycles. The topological polar surface area (TPSA) is 125 Å². The van der Waals surface area contributed by atoms with E-state index in [1.165, 1.54) is 11.3 Å². The molecule has 0 radical (unpaired) electrons.